The first-order chi connectivity index (χ1) is 8.86. The molecule has 2 heteroatoms. The van der Waals surface area contributed by atoms with E-state index >= 15 is 0 Å². The highest BCUT2D eigenvalue weighted by Crippen LogP contribution is 2.39. The summed E-state index contributed by atoms with van der Waals surface area (Å²) < 4.78 is 5.66. The Morgan fingerprint density at radius 1 is 1.22 bits per heavy atom. The summed E-state index contributed by atoms with van der Waals surface area (Å²) in [5, 5.41) is 10.6. The smallest absolute Gasteiger partial charge is 0.122 e. The van der Waals surface area contributed by atoms with Gasteiger partial charge in [-0.05, 0) is 43.7 Å². The van der Waals surface area contributed by atoms with E-state index in [9.17, 15) is 5.11 Å². The minimum absolute atomic E-state index is 0.208. The molecule has 1 heterocycles. The minimum atomic E-state index is -0.324. The first-order valence-corrected chi connectivity index (χ1v) is 6.95. The van der Waals surface area contributed by atoms with E-state index in [1.54, 1.807) is 0 Å². The van der Waals surface area contributed by atoms with Crippen LogP contribution in [0.5, 0.6) is 5.75 Å². The second-order valence-electron chi connectivity index (χ2n) is 5.25. The van der Waals surface area contributed by atoms with Crippen LogP contribution in [0.15, 0.2) is 35.9 Å². The maximum Gasteiger partial charge on any atom is 0.122 e. The van der Waals surface area contributed by atoms with Gasteiger partial charge >= 0.3 is 0 Å². The van der Waals surface area contributed by atoms with Crippen LogP contribution in [0.4, 0.5) is 0 Å². The summed E-state index contributed by atoms with van der Waals surface area (Å²) in [7, 11) is 0. The van der Waals surface area contributed by atoms with Crippen LogP contribution in [0.3, 0.4) is 0 Å². The summed E-state index contributed by atoms with van der Waals surface area (Å²) in [5.74, 6) is 1.16. The Labute approximate surface area is 108 Å². The fourth-order valence-corrected chi connectivity index (χ4v) is 3.09. The van der Waals surface area contributed by atoms with Gasteiger partial charge in [-0.1, -0.05) is 24.3 Å². The van der Waals surface area contributed by atoms with Crippen molar-refractivity contribution in [2.24, 2.45) is 0 Å². The number of rotatable bonds is 2. The van der Waals surface area contributed by atoms with Crippen LogP contribution in [0.2, 0.25) is 0 Å². The van der Waals surface area contributed by atoms with Gasteiger partial charge in [-0.25, -0.2) is 0 Å². The molecule has 1 aromatic carbocycles. The molecule has 0 fully saturated rings. The van der Waals surface area contributed by atoms with Crippen molar-refractivity contribution < 1.29 is 9.84 Å². The lowest BCUT2D eigenvalue weighted by Gasteiger charge is -2.31. The highest BCUT2D eigenvalue weighted by molar-refractivity contribution is 5.40. The molecule has 0 spiro atoms. The van der Waals surface area contributed by atoms with Crippen molar-refractivity contribution in [2.75, 3.05) is 6.61 Å². The largest absolute Gasteiger partial charge is 0.493 e. The van der Waals surface area contributed by atoms with Crippen molar-refractivity contribution in [3.8, 4) is 5.75 Å². The number of aliphatic hydroxyl groups is 1. The lowest BCUT2D eigenvalue weighted by Crippen LogP contribution is -2.27. The van der Waals surface area contributed by atoms with Crippen LogP contribution < -0.4 is 4.74 Å². The van der Waals surface area contributed by atoms with Crippen LogP contribution in [0.1, 0.15) is 43.6 Å². The van der Waals surface area contributed by atoms with Crippen molar-refractivity contribution >= 4 is 0 Å². The normalized spacial score (nSPS) is 24.7. The highest BCUT2D eigenvalue weighted by Gasteiger charge is 2.29. The van der Waals surface area contributed by atoms with Crippen LogP contribution in [0.25, 0.3) is 0 Å². The predicted octanol–water partition coefficient (Wildman–Crippen LogP) is 3.41. The molecule has 2 aliphatic rings. The summed E-state index contributed by atoms with van der Waals surface area (Å²) in [6.07, 6.45) is 7.49. The van der Waals surface area contributed by atoms with Gasteiger partial charge in [-0.15, -0.1) is 0 Å². The van der Waals surface area contributed by atoms with Crippen molar-refractivity contribution in [2.45, 2.75) is 44.1 Å². The molecule has 0 amide bonds. The molecule has 1 aromatic rings. The van der Waals surface area contributed by atoms with E-state index in [-0.39, 0.29) is 12.0 Å². The number of fused-ring (bicyclic) bond motifs is 1. The second-order valence-corrected chi connectivity index (χ2v) is 5.25. The molecule has 0 bridgehead atoms. The van der Waals surface area contributed by atoms with Crippen LogP contribution >= 0.6 is 0 Å². The van der Waals surface area contributed by atoms with E-state index in [0.29, 0.717) is 6.61 Å². The molecule has 1 aliphatic heterocycles. The van der Waals surface area contributed by atoms with Gasteiger partial charge in [0.25, 0.3) is 0 Å². The van der Waals surface area contributed by atoms with Crippen LogP contribution in [0, 0.1) is 0 Å². The van der Waals surface area contributed by atoms with Gasteiger partial charge in [0.05, 0.1) is 12.7 Å². The number of hydrogen-bond donors (Lipinski definition) is 1. The Kier molecular flexibility index (Phi) is 3.37. The first kappa shape index (κ1) is 11.8. The zero-order chi connectivity index (χ0) is 12.4. The van der Waals surface area contributed by atoms with Gasteiger partial charge in [0.2, 0.25) is 0 Å². The number of benzene rings is 1. The molecule has 1 aliphatic carbocycles. The molecule has 2 atom stereocenters. The second kappa shape index (κ2) is 5.15. The average Bonchev–Trinajstić information content (AvgIpc) is 2.47. The van der Waals surface area contributed by atoms with Crippen molar-refractivity contribution in [1.29, 1.82) is 0 Å². The molecular weight excluding hydrogens is 224 g/mol. The molecular formula is C16H20O2. The topological polar surface area (TPSA) is 29.5 Å². The fourth-order valence-electron chi connectivity index (χ4n) is 3.09. The molecule has 3 rings (SSSR count). The van der Waals surface area contributed by atoms with Gasteiger partial charge < -0.3 is 9.84 Å². The van der Waals surface area contributed by atoms with Crippen LogP contribution in [-0.2, 0) is 0 Å². The summed E-state index contributed by atoms with van der Waals surface area (Å²) in [4.78, 5) is 0. The van der Waals surface area contributed by atoms with E-state index in [1.807, 2.05) is 18.2 Å². The predicted molar refractivity (Wildman–Crippen MR) is 71.9 cm³/mol. The number of allylic oxidation sites excluding steroid dienone is 1. The zero-order valence-electron chi connectivity index (χ0n) is 10.6. The third-order valence-corrected chi connectivity index (χ3v) is 4.09. The molecule has 2 unspecified atom stereocenters. The van der Waals surface area contributed by atoms with Crippen LogP contribution in [-0.4, -0.2) is 17.8 Å². The summed E-state index contributed by atoms with van der Waals surface area (Å²) in [5.41, 5.74) is 2.41. The SMILES string of the molecule is OC(C1=CCCCC1)C1CCOc2ccccc21. The lowest BCUT2D eigenvalue weighted by atomic mass is 9.82. The first-order valence-electron chi connectivity index (χ1n) is 6.95. The molecule has 1 N–H and O–H groups in total. The van der Waals surface area contributed by atoms with E-state index in [2.05, 4.69) is 12.1 Å². The Balaban J connectivity index is 1.86. The Hall–Kier alpha value is -1.28. The van der Waals surface area contributed by atoms with E-state index in [0.717, 1.165) is 25.0 Å². The fraction of sp³-hybridized carbons (Fsp3) is 0.500. The molecule has 96 valence electrons. The highest BCUT2D eigenvalue weighted by atomic mass is 16.5. The third kappa shape index (κ3) is 2.17. The van der Waals surface area contributed by atoms with Crippen molar-refractivity contribution in [3.63, 3.8) is 0 Å². The number of para-hydroxylation sites is 1. The molecule has 18 heavy (non-hydrogen) atoms. The molecule has 2 nitrogen and oxygen atoms in total. The maximum absolute atomic E-state index is 10.6. The number of ether oxygens (including phenoxy) is 1. The lowest BCUT2D eigenvalue weighted by molar-refractivity contribution is 0.140. The minimum Gasteiger partial charge on any atom is -0.493 e. The van der Waals surface area contributed by atoms with Gasteiger partial charge in [-0.3, -0.25) is 0 Å². The molecule has 0 saturated carbocycles. The quantitative estimate of drug-likeness (QED) is 0.808. The summed E-state index contributed by atoms with van der Waals surface area (Å²) in [6, 6.07) is 8.12. The number of aliphatic hydroxyl groups excluding tert-OH is 1. The van der Waals surface area contributed by atoms with Crippen molar-refractivity contribution in [1.82, 2.24) is 0 Å². The van der Waals surface area contributed by atoms with E-state index < -0.39 is 0 Å². The van der Waals surface area contributed by atoms with Crippen molar-refractivity contribution in [3.05, 3.63) is 41.5 Å². The summed E-state index contributed by atoms with van der Waals surface area (Å²) in [6.45, 7) is 0.714. The number of hydrogen-bond acceptors (Lipinski definition) is 2. The third-order valence-electron chi connectivity index (χ3n) is 4.09. The monoisotopic (exact) mass is 244 g/mol. The van der Waals surface area contributed by atoms with Gasteiger partial charge in [-0.2, -0.15) is 0 Å². The van der Waals surface area contributed by atoms with Gasteiger partial charge in [0.1, 0.15) is 5.75 Å². The van der Waals surface area contributed by atoms with Gasteiger partial charge in [0, 0.05) is 11.5 Å². The molecule has 0 radical (unpaired) electrons. The molecule has 0 saturated heterocycles. The summed E-state index contributed by atoms with van der Waals surface area (Å²) >= 11 is 0. The molecule has 0 aromatic heterocycles. The Morgan fingerprint density at radius 3 is 2.94 bits per heavy atom. The van der Waals surface area contributed by atoms with E-state index in [1.165, 1.54) is 24.0 Å². The average molecular weight is 244 g/mol. The standard InChI is InChI=1S/C16H20O2/c17-16(12-6-2-1-3-7-12)14-10-11-18-15-9-5-4-8-13(14)15/h4-6,8-9,14,16-17H,1-3,7,10-11H2. The van der Waals surface area contributed by atoms with E-state index in [4.69, 9.17) is 4.74 Å². The Bertz CT molecular complexity index is 450. The maximum atomic E-state index is 10.6. The zero-order valence-corrected chi connectivity index (χ0v) is 10.6. The van der Waals surface area contributed by atoms with Gasteiger partial charge in [0.15, 0.2) is 0 Å². The Morgan fingerprint density at radius 2 is 2.11 bits per heavy atom.